The number of hydrogen-bond donors (Lipinski definition) is 0. The highest BCUT2D eigenvalue weighted by atomic mass is 19.1. The molecule has 0 N–H and O–H groups in total. The van der Waals surface area contributed by atoms with Gasteiger partial charge in [0.1, 0.15) is 23.1 Å². The van der Waals surface area contributed by atoms with Crippen molar-refractivity contribution in [3.8, 4) is 11.5 Å². The van der Waals surface area contributed by atoms with Crippen LogP contribution in [0.1, 0.15) is 22.3 Å². The number of methoxy groups -OCH3 is 2. The van der Waals surface area contributed by atoms with Gasteiger partial charge in [0.05, 0.1) is 14.2 Å². The molecule has 0 radical (unpaired) electrons. The lowest BCUT2D eigenvalue weighted by molar-refractivity contribution is 0.414. The van der Waals surface area contributed by atoms with Gasteiger partial charge >= 0.3 is 0 Å². The van der Waals surface area contributed by atoms with Crippen LogP contribution < -0.4 is 9.47 Å². The third-order valence-electron chi connectivity index (χ3n) is 5.27. The Balaban J connectivity index is 2.04. The number of benzene rings is 4. The molecule has 32 heavy (non-hydrogen) atoms. The van der Waals surface area contributed by atoms with Crippen LogP contribution >= 0.6 is 0 Å². The Morgan fingerprint density at radius 1 is 0.438 bits per heavy atom. The molecule has 0 saturated carbocycles. The van der Waals surface area contributed by atoms with Crippen LogP contribution in [0.2, 0.25) is 0 Å². The summed E-state index contributed by atoms with van der Waals surface area (Å²) in [5, 5.41) is 0. The second-order valence-electron chi connectivity index (χ2n) is 7.22. The lowest BCUT2D eigenvalue weighted by Gasteiger charge is -2.18. The maximum Gasteiger partial charge on any atom is 0.123 e. The third kappa shape index (κ3) is 4.54. The highest BCUT2D eigenvalue weighted by molar-refractivity contribution is 6.04. The van der Waals surface area contributed by atoms with Crippen LogP contribution in [0.4, 0.5) is 8.78 Å². The van der Waals surface area contributed by atoms with Crippen molar-refractivity contribution in [2.24, 2.45) is 0 Å². The monoisotopic (exact) mass is 428 g/mol. The molecule has 4 aromatic carbocycles. The zero-order chi connectivity index (χ0) is 22.5. The SMILES string of the molecule is COc1ccc(/C(=C(/c2ccc(F)cc2)c2ccc(OC)cc2)c2ccc(F)cc2)cc1. The lowest BCUT2D eigenvalue weighted by Crippen LogP contribution is -1.98. The van der Waals surface area contributed by atoms with Gasteiger partial charge in [-0.25, -0.2) is 8.78 Å². The molecule has 0 spiro atoms. The molecule has 4 aromatic rings. The normalized spacial score (nSPS) is 11.6. The van der Waals surface area contributed by atoms with E-state index in [1.54, 1.807) is 38.5 Å². The highest BCUT2D eigenvalue weighted by Gasteiger charge is 2.17. The summed E-state index contributed by atoms with van der Waals surface area (Å²) in [6, 6.07) is 28.2. The minimum atomic E-state index is -0.310. The third-order valence-corrected chi connectivity index (χ3v) is 5.27. The molecule has 0 aliphatic carbocycles. The molecule has 0 amide bonds. The van der Waals surface area contributed by atoms with E-state index in [1.165, 1.54) is 24.3 Å². The van der Waals surface area contributed by atoms with Crippen molar-refractivity contribution in [2.75, 3.05) is 14.2 Å². The van der Waals surface area contributed by atoms with Crippen molar-refractivity contribution < 1.29 is 18.3 Å². The van der Waals surface area contributed by atoms with E-state index in [0.29, 0.717) is 0 Å². The summed E-state index contributed by atoms with van der Waals surface area (Å²) in [6.07, 6.45) is 0. The molecule has 0 aromatic heterocycles. The average Bonchev–Trinajstić information content (AvgIpc) is 2.84. The molecule has 4 rings (SSSR count). The van der Waals surface area contributed by atoms with Gasteiger partial charge in [0.15, 0.2) is 0 Å². The van der Waals surface area contributed by atoms with Gasteiger partial charge in [-0.15, -0.1) is 0 Å². The zero-order valence-electron chi connectivity index (χ0n) is 17.8. The lowest BCUT2D eigenvalue weighted by atomic mass is 9.85. The molecule has 0 bridgehead atoms. The molecule has 2 nitrogen and oxygen atoms in total. The van der Waals surface area contributed by atoms with Crippen LogP contribution in [0.3, 0.4) is 0 Å². The van der Waals surface area contributed by atoms with E-state index < -0.39 is 0 Å². The van der Waals surface area contributed by atoms with Crippen molar-refractivity contribution >= 4 is 11.1 Å². The van der Waals surface area contributed by atoms with E-state index in [-0.39, 0.29) is 11.6 Å². The van der Waals surface area contributed by atoms with E-state index in [2.05, 4.69) is 0 Å². The summed E-state index contributed by atoms with van der Waals surface area (Å²) in [5.74, 6) is 0.853. The van der Waals surface area contributed by atoms with E-state index in [0.717, 1.165) is 44.9 Å². The summed E-state index contributed by atoms with van der Waals surface area (Å²) in [5.41, 5.74) is 5.31. The second-order valence-corrected chi connectivity index (χ2v) is 7.22. The number of halogens is 2. The van der Waals surface area contributed by atoms with Gasteiger partial charge in [0.2, 0.25) is 0 Å². The second kappa shape index (κ2) is 9.48. The van der Waals surface area contributed by atoms with Gasteiger partial charge in [0.25, 0.3) is 0 Å². The van der Waals surface area contributed by atoms with E-state index in [4.69, 9.17) is 9.47 Å². The summed E-state index contributed by atoms with van der Waals surface area (Å²) < 4.78 is 38.1. The van der Waals surface area contributed by atoms with Crippen LogP contribution in [0.25, 0.3) is 11.1 Å². The fourth-order valence-electron chi connectivity index (χ4n) is 3.66. The first kappa shape index (κ1) is 21.3. The average molecular weight is 428 g/mol. The van der Waals surface area contributed by atoms with E-state index in [9.17, 15) is 8.78 Å². The molecule has 160 valence electrons. The van der Waals surface area contributed by atoms with Crippen LogP contribution in [0, 0.1) is 11.6 Å². The first-order valence-electron chi connectivity index (χ1n) is 10.1. The molecule has 0 heterocycles. The van der Waals surface area contributed by atoms with Crippen LogP contribution in [-0.2, 0) is 0 Å². The van der Waals surface area contributed by atoms with Gasteiger partial charge in [0, 0.05) is 0 Å². The molecule has 0 unspecified atom stereocenters. The van der Waals surface area contributed by atoms with Gasteiger partial charge in [-0.1, -0.05) is 48.5 Å². The number of rotatable bonds is 6. The molecular weight excluding hydrogens is 406 g/mol. The summed E-state index contributed by atoms with van der Waals surface area (Å²) in [4.78, 5) is 0. The molecular formula is C28H22F2O2. The van der Waals surface area contributed by atoms with Gasteiger partial charge < -0.3 is 9.47 Å². The highest BCUT2D eigenvalue weighted by Crippen LogP contribution is 2.38. The van der Waals surface area contributed by atoms with Gasteiger partial charge in [-0.05, 0) is 81.9 Å². The van der Waals surface area contributed by atoms with Crippen molar-refractivity contribution in [1.82, 2.24) is 0 Å². The Morgan fingerprint density at radius 3 is 0.938 bits per heavy atom. The van der Waals surface area contributed by atoms with Crippen LogP contribution in [-0.4, -0.2) is 14.2 Å². The maximum absolute atomic E-state index is 13.7. The molecule has 0 saturated heterocycles. The van der Waals surface area contributed by atoms with E-state index >= 15 is 0 Å². The number of hydrogen-bond acceptors (Lipinski definition) is 2. The Hall–Kier alpha value is -3.92. The first-order chi connectivity index (χ1) is 15.6. The predicted octanol–water partition coefficient (Wildman–Crippen LogP) is 6.99. The Bertz CT molecular complexity index is 1110. The predicted molar refractivity (Wildman–Crippen MR) is 124 cm³/mol. The first-order valence-corrected chi connectivity index (χ1v) is 10.1. The quantitative estimate of drug-likeness (QED) is 0.308. The van der Waals surface area contributed by atoms with Crippen molar-refractivity contribution in [1.29, 1.82) is 0 Å². The topological polar surface area (TPSA) is 18.5 Å². The van der Waals surface area contributed by atoms with Crippen LogP contribution in [0.5, 0.6) is 11.5 Å². The summed E-state index contributed by atoms with van der Waals surface area (Å²) in [6.45, 7) is 0. The molecule has 0 aliphatic heterocycles. The number of ether oxygens (including phenoxy) is 2. The Morgan fingerprint density at radius 2 is 0.688 bits per heavy atom. The maximum atomic E-state index is 13.7. The summed E-state index contributed by atoms with van der Waals surface area (Å²) in [7, 11) is 3.24. The minimum Gasteiger partial charge on any atom is -0.497 e. The van der Waals surface area contributed by atoms with E-state index in [1.807, 2.05) is 48.5 Å². The zero-order valence-corrected chi connectivity index (χ0v) is 17.8. The van der Waals surface area contributed by atoms with Crippen molar-refractivity contribution in [3.05, 3.63) is 131 Å². The standard InChI is InChI=1S/C28H22F2O2/c1-31-25-15-7-21(8-16-25)27(19-3-11-23(29)12-4-19)28(20-5-13-24(30)14-6-20)22-9-17-26(32-2)18-10-22/h3-18H,1-2H3/b28-27-. The van der Waals surface area contributed by atoms with Crippen molar-refractivity contribution in [2.45, 2.75) is 0 Å². The largest absolute Gasteiger partial charge is 0.497 e. The van der Waals surface area contributed by atoms with Crippen LogP contribution in [0.15, 0.2) is 97.1 Å². The Labute approximate surface area is 186 Å². The molecule has 0 fully saturated rings. The smallest absolute Gasteiger partial charge is 0.123 e. The minimum absolute atomic E-state index is 0.310. The van der Waals surface area contributed by atoms with Crippen molar-refractivity contribution in [3.63, 3.8) is 0 Å². The fourth-order valence-corrected chi connectivity index (χ4v) is 3.66. The Kier molecular flexibility index (Phi) is 6.31. The van der Waals surface area contributed by atoms with Gasteiger partial charge in [-0.3, -0.25) is 0 Å². The molecule has 4 heteroatoms. The van der Waals surface area contributed by atoms with Gasteiger partial charge in [-0.2, -0.15) is 0 Å². The fraction of sp³-hybridized carbons (Fsp3) is 0.0714. The molecule has 0 atom stereocenters. The molecule has 0 aliphatic rings. The summed E-state index contributed by atoms with van der Waals surface area (Å²) >= 11 is 0.